The van der Waals surface area contributed by atoms with Gasteiger partial charge in [-0.3, -0.25) is 4.98 Å². The first-order chi connectivity index (χ1) is 11.0. The Bertz CT molecular complexity index is 748. The van der Waals surface area contributed by atoms with Crippen LogP contribution in [0.5, 0.6) is 0 Å². The molecule has 0 fully saturated rings. The molecule has 0 aliphatic rings. The number of hydrogen-bond acceptors (Lipinski definition) is 3. The van der Waals surface area contributed by atoms with Gasteiger partial charge in [0.15, 0.2) is 0 Å². The van der Waals surface area contributed by atoms with Gasteiger partial charge in [0.1, 0.15) is 5.82 Å². The molecule has 1 aromatic carbocycles. The van der Waals surface area contributed by atoms with Gasteiger partial charge in [-0.2, -0.15) is 0 Å². The summed E-state index contributed by atoms with van der Waals surface area (Å²) >= 11 is 0. The fourth-order valence-corrected chi connectivity index (χ4v) is 2.60. The first-order valence-corrected chi connectivity index (χ1v) is 7.62. The van der Waals surface area contributed by atoms with Crippen LogP contribution in [0.25, 0.3) is 11.1 Å². The fraction of sp³-hybridized carbons (Fsp3) is 0.263. The number of nitrogens with one attached hydrogen (secondary N) is 1. The topological polar surface area (TPSA) is 62.8 Å². The van der Waals surface area contributed by atoms with Crippen molar-refractivity contribution >= 4 is 6.21 Å². The van der Waals surface area contributed by atoms with E-state index in [-0.39, 0.29) is 5.82 Å². The maximum atomic E-state index is 13.8. The Morgan fingerprint density at radius 1 is 1.30 bits per heavy atom. The van der Waals surface area contributed by atoms with E-state index in [1.807, 2.05) is 19.1 Å². The number of hydrogen-bond donors (Lipinski definition) is 2. The number of nitrogens with two attached hydrogens (primary N) is 1. The number of benzene rings is 1. The van der Waals surface area contributed by atoms with E-state index in [4.69, 9.17) is 11.1 Å². The van der Waals surface area contributed by atoms with Crippen LogP contribution < -0.4 is 5.73 Å². The minimum Gasteiger partial charge on any atom is -0.404 e. The lowest BCUT2D eigenvalue weighted by molar-refractivity contribution is 0.620. The Labute approximate surface area is 136 Å². The predicted molar refractivity (Wildman–Crippen MR) is 93.2 cm³/mol. The molecule has 0 aliphatic heterocycles. The van der Waals surface area contributed by atoms with Crippen molar-refractivity contribution in [2.45, 2.75) is 33.1 Å². The van der Waals surface area contributed by atoms with Gasteiger partial charge in [0, 0.05) is 18.2 Å². The van der Waals surface area contributed by atoms with Gasteiger partial charge < -0.3 is 11.1 Å². The molecular formula is C19H22FN3. The van der Waals surface area contributed by atoms with Crippen molar-refractivity contribution in [3.63, 3.8) is 0 Å². The number of nitrogens with zero attached hydrogens (tertiary/aromatic N) is 1. The maximum Gasteiger partial charge on any atom is 0.142 e. The molecule has 0 radical (unpaired) electrons. The zero-order chi connectivity index (χ0) is 17.0. The lowest BCUT2D eigenvalue weighted by Gasteiger charge is -2.17. The molecule has 0 spiro atoms. The highest BCUT2D eigenvalue weighted by Crippen LogP contribution is 2.32. The molecule has 0 atom stereocenters. The Morgan fingerprint density at radius 3 is 2.65 bits per heavy atom. The minimum atomic E-state index is -0.368. The number of rotatable bonds is 5. The van der Waals surface area contributed by atoms with E-state index < -0.39 is 0 Å². The van der Waals surface area contributed by atoms with Crippen LogP contribution in [0.3, 0.4) is 0 Å². The van der Waals surface area contributed by atoms with Crippen molar-refractivity contribution in [1.29, 1.82) is 5.41 Å². The number of halogens is 1. The zero-order valence-corrected chi connectivity index (χ0v) is 13.7. The van der Waals surface area contributed by atoms with Crippen molar-refractivity contribution in [3.8, 4) is 11.1 Å². The van der Waals surface area contributed by atoms with Crippen LogP contribution in [-0.4, -0.2) is 11.2 Å². The Morgan fingerprint density at radius 2 is 2.04 bits per heavy atom. The van der Waals surface area contributed by atoms with Gasteiger partial charge in [-0.15, -0.1) is 0 Å². The van der Waals surface area contributed by atoms with Gasteiger partial charge in [0.2, 0.25) is 0 Å². The van der Waals surface area contributed by atoms with E-state index in [0.717, 1.165) is 22.4 Å². The summed E-state index contributed by atoms with van der Waals surface area (Å²) in [4.78, 5) is 4.24. The fourth-order valence-electron chi connectivity index (χ4n) is 2.60. The summed E-state index contributed by atoms with van der Waals surface area (Å²) in [6, 6.07) is 7.68. The lowest BCUT2D eigenvalue weighted by atomic mass is 9.89. The Balaban J connectivity index is 2.63. The van der Waals surface area contributed by atoms with Crippen LogP contribution in [0.15, 0.2) is 42.2 Å². The molecule has 3 N–H and O–H groups in total. The molecule has 4 heteroatoms. The smallest absolute Gasteiger partial charge is 0.142 e. The first kappa shape index (κ1) is 16.9. The van der Waals surface area contributed by atoms with Gasteiger partial charge in [-0.05, 0) is 41.8 Å². The van der Waals surface area contributed by atoms with Crippen molar-refractivity contribution < 1.29 is 4.39 Å². The van der Waals surface area contributed by atoms with Crippen LogP contribution in [0.4, 0.5) is 4.39 Å². The average molecular weight is 311 g/mol. The third kappa shape index (κ3) is 3.83. The van der Waals surface area contributed by atoms with Gasteiger partial charge in [-0.1, -0.05) is 37.6 Å². The number of aryl methyl sites for hydroxylation is 1. The normalized spacial score (nSPS) is 11.8. The molecule has 0 unspecified atom stereocenters. The summed E-state index contributed by atoms with van der Waals surface area (Å²) in [5.74, 6) is -0.0551. The lowest BCUT2D eigenvalue weighted by Crippen LogP contribution is -2.03. The molecule has 120 valence electrons. The summed E-state index contributed by atoms with van der Waals surface area (Å²) in [5.41, 5.74) is 11.0. The van der Waals surface area contributed by atoms with E-state index in [1.54, 1.807) is 0 Å². The molecule has 0 aliphatic carbocycles. The van der Waals surface area contributed by atoms with Gasteiger partial charge in [0.25, 0.3) is 0 Å². The molecule has 1 aromatic heterocycles. The van der Waals surface area contributed by atoms with E-state index in [2.05, 4.69) is 24.9 Å². The number of aromatic nitrogens is 1. The summed E-state index contributed by atoms with van der Waals surface area (Å²) in [6.07, 6.45) is 4.20. The van der Waals surface area contributed by atoms with Crippen molar-refractivity contribution in [3.05, 3.63) is 64.9 Å². The van der Waals surface area contributed by atoms with Crippen LogP contribution in [0.1, 0.15) is 36.6 Å². The van der Waals surface area contributed by atoms with E-state index in [0.29, 0.717) is 17.9 Å². The third-order valence-electron chi connectivity index (χ3n) is 3.83. The summed E-state index contributed by atoms with van der Waals surface area (Å²) < 4.78 is 13.8. The van der Waals surface area contributed by atoms with E-state index in [1.165, 1.54) is 30.2 Å². The second-order valence-corrected chi connectivity index (χ2v) is 5.96. The van der Waals surface area contributed by atoms with Crippen molar-refractivity contribution in [1.82, 2.24) is 4.98 Å². The summed E-state index contributed by atoms with van der Waals surface area (Å²) in [5, 5.41) is 7.39. The highest BCUT2D eigenvalue weighted by molar-refractivity contribution is 5.78. The van der Waals surface area contributed by atoms with Crippen LogP contribution in [0, 0.1) is 18.2 Å². The predicted octanol–water partition coefficient (Wildman–Crippen LogP) is 4.35. The standard InChI is InChI=1S/C19H22FN3/c1-12(2)17-6-13(3)4-5-16(17)18-8-15(20)11-23-19(18)7-14(9-21)10-22/h4-6,8-12,21H,7,22H2,1-3H3/b14-10-,21-9?. The average Bonchev–Trinajstić information content (AvgIpc) is 2.53. The van der Waals surface area contributed by atoms with Gasteiger partial charge >= 0.3 is 0 Å². The molecule has 0 amide bonds. The van der Waals surface area contributed by atoms with Crippen LogP contribution in [0.2, 0.25) is 0 Å². The summed E-state index contributed by atoms with van der Waals surface area (Å²) in [7, 11) is 0. The minimum absolute atomic E-state index is 0.313. The largest absolute Gasteiger partial charge is 0.404 e. The molecule has 23 heavy (non-hydrogen) atoms. The number of allylic oxidation sites excluding steroid dienone is 1. The van der Waals surface area contributed by atoms with Gasteiger partial charge in [-0.25, -0.2) is 4.39 Å². The van der Waals surface area contributed by atoms with E-state index in [9.17, 15) is 4.39 Å². The monoisotopic (exact) mass is 311 g/mol. The Hall–Kier alpha value is -2.49. The molecule has 0 saturated heterocycles. The van der Waals surface area contributed by atoms with Crippen molar-refractivity contribution in [2.75, 3.05) is 0 Å². The SMILES string of the molecule is Cc1ccc(-c2cc(F)cnc2C/C(C=N)=C/N)c(C(C)C)c1. The molecule has 3 nitrogen and oxygen atoms in total. The zero-order valence-electron chi connectivity index (χ0n) is 13.7. The van der Waals surface area contributed by atoms with Crippen LogP contribution >= 0.6 is 0 Å². The third-order valence-corrected chi connectivity index (χ3v) is 3.83. The molecular weight excluding hydrogens is 289 g/mol. The second kappa shape index (κ2) is 7.18. The Kier molecular flexibility index (Phi) is 5.27. The van der Waals surface area contributed by atoms with Gasteiger partial charge in [0.05, 0.1) is 11.9 Å². The summed E-state index contributed by atoms with van der Waals surface area (Å²) in [6.45, 7) is 6.28. The van der Waals surface area contributed by atoms with Crippen LogP contribution in [-0.2, 0) is 6.42 Å². The molecule has 1 heterocycles. The van der Waals surface area contributed by atoms with Crippen molar-refractivity contribution in [2.24, 2.45) is 5.73 Å². The second-order valence-electron chi connectivity index (χ2n) is 5.96. The highest BCUT2D eigenvalue weighted by Gasteiger charge is 2.15. The number of pyridine rings is 1. The highest BCUT2D eigenvalue weighted by atomic mass is 19.1. The first-order valence-electron chi connectivity index (χ1n) is 7.62. The molecule has 0 bridgehead atoms. The van der Waals surface area contributed by atoms with E-state index >= 15 is 0 Å². The molecule has 2 aromatic rings. The maximum absolute atomic E-state index is 13.8. The molecule has 0 saturated carbocycles. The quantitative estimate of drug-likeness (QED) is 0.806. The molecule has 2 rings (SSSR count).